The molecule has 0 nitrogen and oxygen atoms in total. The van der Waals surface area contributed by atoms with Crippen molar-refractivity contribution in [2.24, 2.45) is 0 Å². The van der Waals surface area contributed by atoms with Crippen LogP contribution in [0.25, 0.3) is 0 Å². The van der Waals surface area contributed by atoms with E-state index in [2.05, 4.69) is 58.1 Å². The van der Waals surface area contributed by atoms with Crippen LogP contribution in [0, 0.1) is 0 Å². The summed E-state index contributed by atoms with van der Waals surface area (Å²) in [5.41, 5.74) is 4.04. The molecule has 0 N–H and O–H groups in total. The Morgan fingerprint density at radius 1 is 1.14 bits per heavy atom. The molecule has 0 fully saturated rings. The number of hydrogen-bond donors (Lipinski definition) is 0. The summed E-state index contributed by atoms with van der Waals surface area (Å²) in [7, 11) is 0. The van der Waals surface area contributed by atoms with Crippen LogP contribution < -0.4 is 0 Å². The van der Waals surface area contributed by atoms with Crippen molar-refractivity contribution in [2.75, 3.05) is 0 Å². The highest BCUT2D eigenvalue weighted by atomic mass is 14.0. The van der Waals surface area contributed by atoms with Crippen LogP contribution in [0.3, 0.4) is 0 Å². The molecule has 0 rings (SSSR count). The average molecular weight is 190 g/mol. The minimum atomic E-state index is 1.10. The molecule has 0 radical (unpaired) electrons. The lowest BCUT2D eigenvalue weighted by Gasteiger charge is -2.03. The molecule has 0 saturated carbocycles. The van der Waals surface area contributed by atoms with Crippen LogP contribution in [0.2, 0.25) is 0 Å². The van der Waals surface area contributed by atoms with Crippen molar-refractivity contribution in [3.63, 3.8) is 0 Å². The van der Waals surface area contributed by atoms with Gasteiger partial charge in [-0.15, -0.1) is 0 Å². The Labute approximate surface area is 88.7 Å². The van der Waals surface area contributed by atoms with Crippen LogP contribution in [0.1, 0.15) is 41.0 Å². The van der Waals surface area contributed by atoms with Gasteiger partial charge in [-0.1, -0.05) is 37.3 Å². The van der Waals surface area contributed by atoms with Gasteiger partial charge in [0.2, 0.25) is 0 Å². The molecule has 14 heavy (non-hydrogen) atoms. The minimum Gasteiger partial charge on any atom is -0.0874 e. The van der Waals surface area contributed by atoms with Gasteiger partial charge in [-0.25, -0.2) is 0 Å². The molecule has 0 bridgehead atoms. The third-order valence-electron chi connectivity index (χ3n) is 2.32. The Kier molecular flexibility index (Phi) is 6.82. The van der Waals surface area contributed by atoms with Gasteiger partial charge in [0, 0.05) is 0 Å². The second-order valence-corrected chi connectivity index (χ2v) is 3.49. The fraction of sp³-hybridized carbons (Fsp3) is 0.429. The Bertz CT molecular complexity index is 272. The molecule has 0 heteroatoms. The third kappa shape index (κ3) is 4.86. The molecule has 0 unspecified atom stereocenters. The highest BCUT2D eigenvalue weighted by Crippen LogP contribution is 2.14. The minimum absolute atomic E-state index is 1.10. The summed E-state index contributed by atoms with van der Waals surface area (Å²) < 4.78 is 0. The van der Waals surface area contributed by atoms with Gasteiger partial charge in [-0.05, 0) is 50.8 Å². The van der Waals surface area contributed by atoms with Crippen LogP contribution >= 0.6 is 0 Å². The van der Waals surface area contributed by atoms with Gasteiger partial charge in [0.1, 0.15) is 0 Å². The highest BCUT2D eigenvalue weighted by molar-refractivity contribution is 5.37. The summed E-state index contributed by atoms with van der Waals surface area (Å²) in [5, 5.41) is 0. The fourth-order valence-electron chi connectivity index (χ4n) is 1.16. The van der Waals surface area contributed by atoms with E-state index in [0.29, 0.717) is 0 Å². The van der Waals surface area contributed by atoms with E-state index in [0.717, 1.165) is 6.42 Å². The van der Waals surface area contributed by atoms with Crippen LogP contribution in [0.4, 0.5) is 0 Å². The van der Waals surface area contributed by atoms with E-state index < -0.39 is 0 Å². The zero-order valence-corrected chi connectivity index (χ0v) is 10.1. The van der Waals surface area contributed by atoms with Crippen molar-refractivity contribution >= 4 is 0 Å². The summed E-state index contributed by atoms with van der Waals surface area (Å²) >= 11 is 0. The van der Waals surface area contributed by atoms with E-state index >= 15 is 0 Å². The Hall–Kier alpha value is -1.04. The quantitative estimate of drug-likeness (QED) is 0.558. The average Bonchev–Trinajstić information content (AvgIpc) is 2.17. The van der Waals surface area contributed by atoms with E-state index in [4.69, 9.17) is 0 Å². The first-order valence-corrected chi connectivity index (χ1v) is 5.27. The normalized spacial score (nSPS) is 15.4. The predicted octanol–water partition coefficient (Wildman–Crippen LogP) is 4.81. The van der Waals surface area contributed by atoms with Crippen molar-refractivity contribution in [2.45, 2.75) is 41.0 Å². The van der Waals surface area contributed by atoms with Gasteiger partial charge < -0.3 is 0 Å². The van der Waals surface area contributed by atoms with Gasteiger partial charge in [0.25, 0.3) is 0 Å². The van der Waals surface area contributed by atoms with E-state index in [1.807, 2.05) is 6.92 Å². The van der Waals surface area contributed by atoms with Gasteiger partial charge in [0.05, 0.1) is 0 Å². The maximum absolute atomic E-state index is 2.17. The molecule has 0 aromatic carbocycles. The number of hydrogen-bond acceptors (Lipinski definition) is 0. The lowest BCUT2D eigenvalue weighted by atomic mass is 10.0. The van der Waals surface area contributed by atoms with E-state index in [1.165, 1.54) is 16.7 Å². The van der Waals surface area contributed by atoms with Crippen LogP contribution in [0.5, 0.6) is 0 Å². The SMILES string of the molecule is C\C=C/C(C)=C(C)/C(C)=C/C=C\CC. The second-order valence-electron chi connectivity index (χ2n) is 3.49. The largest absolute Gasteiger partial charge is 0.0874 e. The summed E-state index contributed by atoms with van der Waals surface area (Å²) in [6.45, 7) is 10.7. The third-order valence-corrected chi connectivity index (χ3v) is 2.32. The van der Waals surface area contributed by atoms with Gasteiger partial charge in [-0.2, -0.15) is 0 Å². The summed E-state index contributed by atoms with van der Waals surface area (Å²) in [4.78, 5) is 0. The summed E-state index contributed by atoms with van der Waals surface area (Å²) in [6, 6.07) is 0. The Balaban J connectivity index is 4.67. The van der Waals surface area contributed by atoms with Crippen LogP contribution in [-0.2, 0) is 0 Å². The van der Waals surface area contributed by atoms with Crippen LogP contribution in [-0.4, -0.2) is 0 Å². The molecule has 0 aliphatic heterocycles. The van der Waals surface area contributed by atoms with Crippen molar-refractivity contribution < 1.29 is 0 Å². The maximum atomic E-state index is 2.17. The topological polar surface area (TPSA) is 0 Å². The first-order valence-electron chi connectivity index (χ1n) is 5.27. The highest BCUT2D eigenvalue weighted by Gasteiger charge is 1.94. The summed E-state index contributed by atoms with van der Waals surface area (Å²) in [6.07, 6.45) is 11.8. The molecule has 0 spiro atoms. The lowest BCUT2D eigenvalue weighted by molar-refractivity contribution is 1.22. The standard InChI is InChI=1S/C14H22/c1-6-8-9-11-13(4)14(5)12(3)10-7-2/h7-11H,6H2,1-5H3/b9-8-,10-7-,13-11+,14-12+. The number of rotatable bonds is 4. The van der Waals surface area contributed by atoms with Gasteiger partial charge in [-0.3, -0.25) is 0 Å². The zero-order chi connectivity index (χ0) is 11.0. The van der Waals surface area contributed by atoms with Crippen molar-refractivity contribution in [3.05, 3.63) is 47.1 Å². The molecule has 0 aromatic rings. The first kappa shape index (κ1) is 13.0. The first-order chi connectivity index (χ1) is 6.63. The Morgan fingerprint density at radius 3 is 2.29 bits per heavy atom. The molecule has 0 aliphatic rings. The maximum Gasteiger partial charge on any atom is -0.0376 e. The zero-order valence-electron chi connectivity index (χ0n) is 10.1. The van der Waals surface area contributed by atoms with Crippen molar-refractivity contribution in [3.8, 4) is 0 Å². The van der Waals surface area contributed by atoms with Crippen molar-refractivity contribution in [1.29, 1.82) is 0 Å². The van der Waals surface area contributed by atoms with Crippen LogP contribution in [0.15, 0.2) is 47.1 Å². The molecule has 0 amide bonds. The molecule has 78 valence electrons. The van der Waals surface area contributed by atoms with E-state index in [9.17, 15) is 0 Å². The summed E-state index contributed by atoms with van der Waals surface area (Å²) in [5.74, 6) is 0. The molecular weight excluding hydrogens is 168 g/mol. The second kappa shape index (κ2) is 7.37. The van der Waals surface area contributed by atoms with Gasteiger partial charge in [0.15, 0.2) is 0 Å². The van der Waals surface area contributed by atoms with E-state index in [-0.39, 0.29) is 0 Å². The Morgan fingerprint density at radius 2 is 1.79 bits per heavy atom. The fourth-order valence-corrected chi connectivity index (χ4v) is 1.16. The van der Waals surface area contributed by atoms with E-state index in [1.54, 1.807) is 0 Å². The van der Waals surface area contributed by atoms with Crippen molar-refractivity contribution in [1.82, 2.24) is 0 Å². The molecule has 0 aromatic heterocycles. The molecule has 0 heterocycles. The monoisotopic (exact) mass is 190 g/mol. The molecule has 0 aliphatic carbocycles. The molecule has 0 saturated heterocycles. The predicted molar refractivity (Wildman–Crippen MR) is 66.4 cm³/mol. The number of allylic oxidation sites excluding steroid dienone is 8. The molecule has 0 atom stereocenters. The lowest BCUT2D eigenvalue weighted by Crippen LogP contribution is -1.83. The smallest absolute Gasteiger partial charge is 0.0376 e. The van der Waals surface area contributed by atoms with Gasteiger partial charge >= 0.3 is 0 Å². The molecular formula is C14H22.